The Morgan fingerprint density at radius 2 is 1.85 bits per heavy atom. The number of carboxylic acids is 1. The van der Waals surface area contributed by atoms with Crippen molar-refractivity contribution in [1.82, 2.24) is 4.98 Å². The van der Waals surface area contributed by atoms with Crippen LogP contribution in [0.4, 0.5) is 5.82 Å². The van der Waals surface area contributed by atoms with E-state index in [1.807, 2.05) is 0 Å². The van der Waals surface area contributed by atoms with E-state index in [2.05, 4.69) is 9.71 Å². The molecule has 0 spiro atoms. The maximum absolute atomic E-state index is 12.1. The number of hydrogen-bond donors (Lipinski definition) is 2. The molecule has 2 N–H and O–H groups in total. The molecular weight excluding hydrogens is 304 g/mol. The van der Waals surface area contributed by atoms with Crippen molar-refractivity contribution in [2.45, 2.75) is 4.90 Å². The van der Waals surface area contributed by atoms with Crippen molar-refractivity contribution in [3.8, 4) is 0 Å². The third kappa shape index (κ3) is 3.06. The zero-order valence-electron chi connectivity index (χ0n) is 9.95. The highest BCUT2D eigenvalue weighted by atomic mass is 35.5. The molecule has 0 atom stereocenters. The van der Waals surface area contributed by atoms with Gasteiger partial charge in [0.05, 0.1) is 5.02 Å². The summed E-state index contributed by atoms with van der Waals surface area (Å²) in [7, 11) is -3.92. The number of aromatic nitrogens is 1. The van der Waals surface area contributed by atoms with Gasteiger partial charge in [-0.2, -0.15) is 0 Å². The summed E-state index contributed by atoms with van der Waals surface area (Å²) < 4.78 is 26.4. The van der Waals surface area contributed by atoms with Gasteiger partial charge >= 0.3 is 5.97 Å². The van der Waals surface area contributed by atoms with Gasteiger partial charge in [0.2, 0.25) is 0 Å². The SMILES string of the molecule is O=C(O)c1cccc(NS(=O)(=O)c2ccccc2Cl)n1. The monoisotopic (exact) mass is 312 g/mol. The lowest BCUT2D eigenvalue weighted by Gasteiger charge is -2.08. The van der Waals surface area contributed by atoms with E-state index in [1.54, 1.807) is 6.07 Å². The molecule has 8 heteroatoms. The Kier molecular flexibility index (Phi) is 3.91. The summed E-state index contributed by atoms with van der Waals surface area (Å²) in [5, 5.41) is 8.87. The van der Waals surface area contributed by atoms with Crippen molar-refractivity contribution in [2.24, 2.45) is 0 Å². The predicted octanol–water partition coefficient (Wildman–Crippen LogP) is 2.23. The van der Waals surface area contributed by atoms with E-state index in [0.29, 0.717) is 0 Å². The average molecular weight is 313 g/mol. The fourth-order valence-electron chi connectivity index (χ4n) is 1.47. The van der Waals surface area contributed by atoms with Gasteiger partial charge in [-0.25, -0.2) is 18.2 Å². The number of pyridine rings is 1. The number of carbonyl (C=O) groups is 1. The molecule has 0 unspecified atom stereocenters. The highest BCUT2D eigenvalue weighted by Gasteiger charge is 2.18. The number of benzene rings is 1. The third-order valence-electron chi connectivity index (χ3n) is 2.33. The highest BCUT2D eigenvalue weighted by Crippen LogP contribution is 2.22. The molecule has 0 saturated heterocycles. The molecule has 0 fully saturated rings. The number of aromatic carboxylic acids is 1. The summed E-state index contributed by atoms with van der Waals surface area (Å²) in [5.74, 6) is -1.34. The molecule has 0 radical (unpaired) electrons. The maximum Gasteiger partial charge on any atom is 0.354 e. The lowest BCUT2D eigenvalue weighted by atomic mass is 10.3. The van der Waals surface area contributed by atoms with Gasteiger partial charge < -0.3 is 5.11 Å². The quantitative estimate of drug-likeness (QED) is 0.902. The lowest BCUT2D eigenvalue weighted by Crippen LogP contribution is -2.15. The van der Waals surface area contributed by atoms with Gasteiger partial charge in [-0.1, -0.05) is 29.8 Å². The van der Waals surface area contributed by atoms with Crippen LogP contribution >= 0.6 is 11.6 Å². The Bertz CT molecular complexity index is 762. The van der Waals surface area contributed by atoms with E-state index in [1.165, 1.54) is 36.4 Å². The van der Waals surface area contributed by atoms with Gasteiger partial charge in [0, 0.05) is 0 Å². The molecule has 0 amide bonds. The first-order chi connectivity index (χ1) is 9.40. The minimum absolute atomic E-state index is 0.0642. The van der Waals surface area contributed by atoms with Gasteiger partial charge in [0.25, 0.3) is 10.0 Å². The molecular formula is C12H9ClN2O4S. The minimum atomic E-state index is -3.92. The number of hydrogen-bond acceptors (Lipinski definition) is 4. The summed E-state index contributed by atoms with van der Waals surface area (Å²) in [6.07, 6.45) is 0. The van der Waals surface area contributed by atoms with E-state index in [-0.39, 0.29) is 21.4 Å². The second kappa shape index (κ2) is 5.48. The largest absolute Gasteiger partial charge is 0.477 e. The van der Waals surface area contributed by atoms with Crippen molar-refractivity contribution in [2.75, 3.05) is 4.72 Å². The van der Waals surface area contributed by atoms with Crippen LogP contribution in [0.15, 0.2) is 47.4 Å². The molecule has 6 nitrogen and oxygen atoms in total. The van der Waals surface area contributed by atoms with Crippen molar-refractivity contribution in [3.05, 3.63) is 53.2 Å². The normalized spacial score (nSPS) is 11.1. The number of rotatable bonds is 4. The molecule has 1 aromatic carbocycles. The van der Waals surface area contributed by atoms with E-state index >= 15 is 0 Å². The number of nitrogens with zero attached hydrogens (tertiary/aromatic N) is 1. The van der Waals surface area contributed by atoms with Gasteiger partial charge in [-0.15, -0.1) is 0 Å². The van der Waals surface area contributed by atoms with Crippen molar-refractivity contribution in [3.63, 3.8) is 0 Å². The number of nitrogens with one attached hydrogen (secondary N) is 1. The van der Waals surface area contributed by atoms with E-state index in [0.717, 1.165) is 0 Å². The zero-order chi connectivity index (χ0) is 14.8. The summed E-state index contributed by atoms with van der Waals surface area (Å²) in [5.41, 5.74) is -0.260. The topological polar surface area (TPSA) is 96.4 Å². The second-order valence-corrected chi connectivity index (χ2v) is 5.81. The number of carboxylic acid groups (broad SMARTS) is 1. The van der Waals surface area contributed by atoms with Crippen LogP contribution in [0.5, 0.6) is 0 Å². The van der Waals surface area contributed by atoms with Crippen LogP contribution in [-0.4, -0.2) is 24.5 Å². The van der Waals surface area contributed by atoms with Crippen LogP contribution in [0.1, 0.15) is 10.5 Å². The van der Waals surface area contributed by atoms with Gasteiger partial charge in [-0.05, 0) is 24.3 Å². The standard InChI is InChI=1S/C12H9ClN2O4S/c13-8-4-1-2-6-10(8)20(18,19)15-11-7-3-5-9(14-11)12(16)17/h1-7H,(H,14,15)(H,16,17). The smallest absolute Gasteiger partial charge is 0.354 e. The molecule has 1 aromatic heterocycles. The summed E-state index contributed by atoms with van der Waals surface area (Å²) in [4.78, 5) is 14.4. The van der Waals surface area contributed by atoms with Gasteiger partial charge in [0.1, 0.15) is 10.7 Å². The number of sulfonamides is 1. The van der Waals surface area contributed by atoms with Crippen LogP contribution in [-0.2, 0) is 10.0 Å². The molecule has 0 aliphatic heterocycles. The Hall–Kier alpha value is -2.12. The lowest BCUT2D eigenvalue weighted by molar-refractivity contribution is 0.0690. The molecule has 0 bridgehead atoms. The maximum atomic E-state index is 12.1. The first-order valence-electron chi connectivity index (χ1n) is 5.38. The fraction of sp³-hybridized carbons (Fsp3) is 0. The number of anilines is 1. The first-order valence-corrected chi connectivity index (χ1v) is 7.24. The highest BCUT2D eigenvalue weighted by molar-refractivity contribution is 7.92. The van der Waals surface area contributed by atoms with E-state index in [4.69, 9.17) is 16.7 Å². The second-order valence-electron chi connectivity index (χ2n) is 3.75. The number of halogens is 1. The van der Waals surface area contributed by atoms with Crippen molar-refractivity contribution in [1.29, 1.82) is 0 Å². The molecule has 0 aliphatic carbocycles. The Labute approximate surface area is 120 Å². The predicted molar refractivity (Wildman–Crippen MR) is 73.5 cm³/mol. The first kappa shape index (κ1) is 14.3. The van der Waals surface area contributed by atoms with Gasteiger partial charge in [-0.3, -0.25) is 4.72 Å². The molecule has 104 valence electrons. The summed E-state index contributed by atoms with van der Waals surface area (Å²) in [6.45, 7) is 0. The average Bonchev–Trinajstić information content (AvgIpc) is 2.38. The van der Waals surface area contributed by atoms with Crippen LogP contribution in [0.2, 0.25) is 5.02 Å². The summed E-state index contributed by atoms with van der Waals surface area (Å²) in [6, 6.07) is 9.91. The van der Waals surface area contributed by atoms with E-state index in [9.17, 15) is 13.2 Å². The molecule has 2 aromatic rings. The van der Waals surface area contributed by atoms with Gasteiger partial charge in [0.15, 0.2) is 5.69 Å². The Balaban J connectivity index is 2.36. The molecule has 0 saturated carbocycles. The molecule has 20 heavy (non-hydrogen) atoms. The van der Waals surface area contributed by atoms with Crippen LogP contribution < -0.4 is 4.72 Å². The van der Waals surface area contributed by atoms with E-state index < -0.39 is 16.0 Å². The summed E-state index contributed by atoms with van der Waals surface area (Å²) >= 11 is 5.82. The minimum Gasteiger partial charge on any atom is -0.477 e. The van der Waals surface area contributed by atoms with Crippen molar-refractivity contribution >= 4 is 33.4 Å². The van der Waals surface area contributed by atoms with Crippen LogP contribution in [0.25, 0.3) is 0 Å². The Morgan fingerprint density at radius 1 is 1.15 bits per heavy atom. The molecule has 1 heterocycles. The zero-order valence-corrected chi connectivity index (χ0v) is 11.5. The Morgan fingerprint density at radius 3 is 2.50 bits per heavy atom. The van der Waals surface area contributed by atoms with Crippen molar-refractivity contribution < 1.29 is 18.3 Å². The third-order valence-corrected chi connectivity index (χ3v) is 4.19. The van der Waals surface area contributed by atoms with Crippen LogP contribution in [0, 0.1) is 0 Å². The van der Waals surface area contributed by atoms with Crippen LogP contribution in [0.3, 0.4) is 0 Å². The molecule has 0 aliphatic rings. The molecule has 2 rings (SSSR count). The fourth-order valence-corrected chi connectivity index (χ4v) is 2.99.